The van der Waals surface area contributed by atoms with Crippen LogP contribution in [0.4, 0.5) is 0 Å². The third-order valence-electron chi connectivity index (χ3n) is 7.60. The molecule has 0 unspecified atom stereocenters. The topological polar surface area (TPSA) is 52.7 Å². The van der Waals surface area contributed by atoms with Gasteiger partial charge >= 0.3 is 0 Å². The summed E-state index contributed by atoms with van der Waals surface area (Å²) in [5.41, 5.74) is 4.18. The number of hydrogen-bond donors (Lipinski definition) is 1. The number of nitrogens with one attached hydrogen (secondary N) is 1. The van der Waals surface area contributed by atoms with Crippen molar-refractivity contribution >= 4 is 11.8 Å². The van der Waals surface area contributed by atoms with Crippen molar-refractivity contribution in [3.63, 3.8) is 0 Å². The van der Waals surface area contributed by atoms with Crippen LogP contribution < -0.4 is 5.32 Å². The molecule has 2 aliphatic rings. The van der Waals surface area contributed by atoms with Gasteiger partial charge in [-0.05, 0) is 61.0 Å². The van der Waals surface area contributed by atoms with Crippen LogP contribution in [0.3, 0.4) is 0 Å². The summed E-state index contributed by atoms with van der Waals surface area (Å²) in [4.78, 5) is 30.7. The van der Waals surface area contributed by atoms with E-state index >= 15 is 0 Å². The molecule has 0 aromatic heterocycles. The van der Waals surface area contributed by atoms with Gasteiger partial charge in [0.1, 0.15) is 6.04 Å². The van der Waals surface area contributed by atoms with Crippen LogP contribution in [-0.2, 0) is 24.2 Å². The number of rotatable bonds is 9. The van der Waals surface area contributed by atoms with Crippen molar-refractivity contribution in [2.75, 3.05) is 26.2 Å². The average Bonchev–Trinajstić information content (AvgIpc) is 3.25. The first-order valence-corrected chi connectivity index (χ1v) is 13.1. The van der Waals surface area contributed by atoms with Crippen LogP contribution in [0.5, 0.6) is 0 Å². The van der Waals surface area contributed by atoms with Gasteiger partial charge in [0, 0.05) is 31.6 Å². The van der Waals surface area contributed by atoms with Gasteiger partial charge in [-0.2, -0.15) is 0 Å². The molecule has 186 valence electrons. The summed E-state index contributed by atoms with van der Waals surface area (Å²) in [6, 6.07) is 27.9. The Hall–Kier alpha value is -3.44. The second-order valence-electron chi connectivity index (χ2n) is 10.1. The number of nitrogens with zero attached hydrogens (tertiary/aromatic N) is 2. The summed E-state index contributed by atoms with van der Waals surface area (Å²) >= 11 is 0. The number of benzene rings is 3. The van der Waals surface area contributed by atoms with E-state index in [1.165, 1.54) is 18.4 Å². The first-order valence-electron chi connectivity index (χ1n) is 13.1. The maximum atomic E-state index is 13.4. The Balaban J connectivity index is 1.15. The van der Waals surface area contributed by atoms with Crippen LogP contribution in [0, 0.1) is 5.92 Å². The van der Waals surface area contributed by atoms with Crippen molar-refractivity contribution in [2.45, 2.75) is 38.3 Å². The lowest BCUT2D eigenvalue weighted by Crippen LogP contribution is -2.50. The predicted molar refractivity (Wildman–Crippen MR) is 143 cm³/mol. The van der Waals surface area contributed by atoms with E-state index in [0.717, 1.165) is 43.1 Å². The maximum Gasteiger partial charge on any atom is 0.255 e. The fourth-order valence-electron chi connectivity index (χ4n) is 5.53. The molecule has 0 spiro atoms. The van der Waals surface area contributed by atoms with Gasteiger partial charge in [0.25, 0.3) is 5.91 Å². The van der Waals surface area contributed by atoms with Gasteiger partial charge < -0.3 is 15.1 Å². The Morgan fingerprint density at radius 2 is 1.50 bits per heavy atom. The highest BCUT2D eigenvalue weighted by Crippen LogP contribution is 2.26. The zero-order valence-electron chi connectivity index (χ0n) is 20.8. The molecule has 3 aromatic rings. The van der Waals surface area contributed by atoms with Crippen LogP contribution in [0.1, 0.15) is 39.9 Å². The minimum atomic E-state index is -0.524. The summed E-state index contributed by atoms with van der Waals surface area (Å²) in [6.07, 6.45) is 4.05. The predicted octanol–water partition coefficient (Wildman–Crippen LogP) is 4.32. The summed E-state index contributed by atoms with van der Waals surface area (Å²) in [5.74, 6) is 0.609. The van der Waals surface area contributed by atoms with E-state index in [0.29, 0.717) is 25.1 Å². The summed E-state index contributed by atoms with van der Waals surface area (Å²) < 4.78 is 0. The third kappa shape index (κ3) is 5.85. The van der Waals surface area contributed by atoms with E-state index in [1.54, 1.807) is 4.90 Å². The number of hydrogen-bond acceptors (Lipinski definition) is 3. The van der Waals surface area contributed by atoms with E-state index in [1.807, 2.05) is 54.6 Å². The number of amides is 2. The number of piperidine rings is 1. The highest BCUT2D eigenvalue weighted by Gasteiger charge is 2.36. The second-order valence-corrected chi connectivity index (χ2v) is 10.1. The maximum absolute atomic E-state index is 13.4. The Bertz CT molecular complexity index is 1160. The van der Waals surface area contributed by atoms with Gasteiger partial charge in [-0.25, -0.2) is 0 Å². The molecule has 5 heteroatoms. The first kappa shape index (κ1) is 24.3. The van der Waals surface area contributed by atoms with Gasteiger partial charge in [0.2, 0.25) is 5.91 Å². The molecule has 0 radical (unpaired) electrons. The molecular weight excluding hydrogens is 446 g/mol. The SMILES string of the molecule is O=C(NCCN1CCC(Cc2ccccc2)CC1)[C@H](Cc1ccccc1)N1Cc2ccccc2C1=O. The minimum Gasteiger partial charge on any atom is -0.353 e. The molecule has 2 aliphatic heterocycles. The van der Waals surface area contributed by atoms with E-state index in [4.69, 9.17) is 0 Å². The Morgan fingerprint density at radius 1 is 0.861 bits per heavy atom. The monoisotopic (exact) mass is 481 g/mol. The highest BCUT2D eigenvalue weighted by atomic mass is 16.2. The van der Waals surface area contributed by atoms with Crippen LogP contribution >= 0.6 is 0 Å². The van der Waals surface area contributed by atoms with Crippen molar-refractivity contribution in [2.24, 2.45) is 5.92 Å². The standard InChI is InChI=1S/C31H35N3O2/c35-30(32-17-20-33-18-15-26(16-19-33)21-24-9-3-1-4-10-24)29(22-25-11-5-2-6-12-25)34-23-27-13-7-8-14-28(27)31(34)36/h1-14,26,29H,15-23H2,(H,32,35)/t29-/m0/s1. The summed E-state index contributed by atoms with van der Waals surface area (Å²) in [7, 11) is 0. The fourth-order valence-corrected chi connectivity index (χ4v) is 5.53. The van der Waals surface area contributed by atoms with Crippen molar-refractivity contribution in [1.29, 1.82) is 0 Å². The first-order chi connectivity index (χ1) is 17.7. The molecule has 3 aromatic carbocycles. The lowest BCUT2D eigenvalue weighted by molar-refractivity contribution is -0.125. The van der Waals surface area contributed by atoms with Crippen molar-refractivity contribution in [3.8, 4) is 0 Å². The van der Waals surface area contributed by atoms with E-state index in [9.17, 15) is 9.59 Å². The quantitative estimate of drug-likeness (QED) is 0.495. The van der Waals surface area contributed by atoms with E-state index in [2.05, 4.69) is 40.5 Å². The molecule has 1 fully saturated rings. The highest BCUT2D eigenvalue weighted by molar-refractivity contribution is 6.01. The molecule has 2 amide bonds. The van der Waals surface area contributed by atoms with Crippen LogP contribution in [0.2, 0.25) is 0 Å². The summed E-state index contributed by atoms with van der Waals surface area (Å²) in [5, 5.41) is 3.15. The molecule has 0 saturated carbocycles. The Kier molecular flexibility index (Phi) is 7.77. The molecule has 2 heterocycles. The molecule has 5 nitrogen and oxygen atoms in total. The van der Waals surface area contributed by atoms with Crippen LogP contribution in [0.15, 0.2) is 84.9 Å². The van der Waals surface area contributed by atoms with Crippen molar-refractivity contribution in [3.05, 3.63) is 107 Å². The van der Waals surface area contributed by atoms with Gasteiger partial charge in [0.15, 0.2) is 0 Å². The van der Waals surface area contributed by atoms with Gasteiger partial charge in [0.05, 0.1) is 0 Å². The number of likely N-dealkylation sites (tertiary alicyclic amines) is 1. The lowest BCUT2D eigenvalue weighted by atomic mass is 9.90. The lowest BCUT2D eigenvalue weighted by Gasteiger charge is -2.32. The molecule has 1 saturated heterocycles. The zero-order chi connectivity index (χ0) is 24.7. The Labute approximate surface area is 214 Å². The number of carbonyl (C=O) groups excluding carboxylic acids is 2. The van der Waals surface area contributed by atoms with Crippen molar-refractivity contribution in [1.82, 2.24) is 15.1 Å². The second kappa shape index (κ2) is 11.5. The molecule has 1 N–H and O–H groups in total. The number of carbonyl (C=O) groups is 2. The molecule has 36 heavy (non-hydrogen) atoms. The van der Waals surface area contributed by atoms with Crippen LogP contribution in [-0.4, -0.2) is 53.8 Å². The third-order valence-corrected chi connectivity index (χ3v) is 7.60. The largest absolute Gasteiger partial charge is 0.353 e. The molecule has 0 aliphatic carbocycles. The molecule has 0 bridgehead atoms. The molecule has 1 atom stereocenters. The van der Waals surface area contributed by atoms with Gasteiger partial charge in [-0.15, -0.1) is 0 Å². The average molecular weight is 482 g/mol. The van der Waals surface area contributed by atoms with Gasteiger partial charge in [-0.1, -0.05) is 78.9 Å². The van der Waals surface area contributed by atoms with E-state index < -0.39 is 6.04 Å². The smallest absolute Gasteiger partial charge is 0.255 e. The molecule has 5 rings (SSSR count). The van der Waals surface area contributed by atoms with Crippen LogP contribution in [0.25, 0.3) is 0 Å². The van der Waals surface area contributed by atoms with Gasteiger partial charge in [-0.3, -0.25) is 9.59 Å². The Morgan fingerprint density at radius 3 is 2.19 bits per heavy atom. The molecular formula is C31H35N3O2. The van der Waals surface area contributed by atoms with E-state index in [-0.39, 0.29) is 11.8 Å². The zero-order valence-corrected chi connectivity index (χ0v) is 20.8. The normalized spacial score (nSPS) is 17.1. The fraction of sp³-hybridized carbons (Fsp3) is 0.355. The number of fused-ring (bicyclic) bond motifs is 1. The minimum absolute atomic E-state index is 0.0535. The van der Waals surface area contributed by atoms with Crippen molar-refractivity contribution < 1.29 is 9.59 Å². The summed E-state index contributed by atoms with van der Waals surface area (Å²) in [6.45, 7) is 4.06.